The highest BCUT2D eigenvalue weighted by atomic mass is 16.5. The SMILES string of the molecule is CCN1CCN(C(=O)c2cc(C(C)C)nc(N3CCOCC3)n2)CC1. The molecule has 25 heavy (non-hydrogen) atoms. The van der Waals surface area contributed by atoms with Crippen molar-refractivity contribution in [2.24, 2.45) is 0 Å². The van der Waals surface area contributed by atoms with Crippen LogP contribution >= 0.6 is 0 Å². The molecule has 0 bridgehead atoms. The second-order valence-corrected chi connectivity index (χ2v) is 6.96. The Labute approximate surface area is 150 Å². The van der Waals surface area contributed by atoms with Gasteiger partial charge in [0.1, 0.15) is 5.69 Å². The molecular formula is C18H29N5O2. The average Bonchev–Trinajstić information content (AvgIpc) is 2.67. The van der Waals surface area contributed by atoms with Crippen molar-refractivity contribution < 1.29 is 9.53 Å². The first-order chi connectivity index (χ1) is 12.1. The molecule has 3 rings (SSSR count). The van der Waals surface area contributed by atoms with E-state index in [1.165, 1.54) is 0 Å². The van der Waals surface area contributed by atoms with Gasteiger partial charge >= 0.3 is 0 Å². The van der Waals surface area contributed by atoms with Crippen molar-refractivity contribution in [1.29, 1.82) is 0 Å². The van der Waals surface area contributed by atoms with Crippen LogP contribution in [0.3, 0.4) is 0 Å². The first-order valence-electron chi connectivity index (χ1n) is 9.31. The van der Waals surface area contributed by atoms with E-state index in [0.29, 0.717) is 24.9 Å². The summed E-state index contributed by atoms with van der Waals surface area (Å²) in [5, 5.41) is 0. The minimum Gasteiger partial charge on any atom is -0.378 e. The van der Waals surface area contributed by atoms with Crippen LogP contribution in [0.1, 0.15) is 42.9 Å². The summed E-state index contributed by atoms with van der Waals surface area (Å²) in [5.41, 5.74) is 1.44. The summed E-state index contributed by atoms with van der Waals surface area (Å²) in [4.78, 5) is 28.7. The molecule has 1 aromatic heterocycles. The van der Waals surface area contributed by atoms with E-state index in [2.05, 4.69) is 40.5 Å². The van der Waals surface area contributed by atoms with Crippen LogP contribution in [0.2, 0.25) is 0 Å². The van der Waals surface area contributed by atoms with Crippen LogP contribution in [0.4, 0.5) is 5.95 Å². The van der Waals surface area contributed by atoms with E-state index < -0.39 is 0 Å². The Morgan fingerprint density at radius 2 is 1.80 bits per heavy atom. The number of piperazine rings is 1. The van der Waals surface area contributed by atoms with Gasteiger partial charge in [-0.3, -0.25) is 4.79 Å². The zero-order valence-electron chi connectivity index (χ0n) is 15.6. The van der Waals surface area contributed by atoms with E-state index in [9.17, 15) is 4.79 Å². The molecule has 0 saturated carbocycles. The van der Waals surface area contributed by atoms with E-state index in [0.717, 1.165) is 51.5 Å². The van der Waals surface area contributed by atoms with Gasteiger partial charge in [0.15, 0.2) is 0 Å². The number of anilines is 1. The molecule has 0 atom stereocenters. The molecule has 0 spiro atoms. The van der Waals surface area contributed by atoms with E-state index in [4.69, 9.17) is 4.74 Å². The fourth-order valence-electron chi connectivity index (χ4n) is 3.19. The Morgan fingerprint density at radius 3 is 2.40 bits per heavy atom. The van der Waals surface area contributed by atoms with E-state index in [1.807, 2.05) is 11.0 Å². The Kier molecular flexibility index (Phi) is 5.86. The first-order valence-corrected chi connectivity index (χ1v) is 9.31. The van der Waals surface area contributed by atoms with Crippen LogP contribution < -0.4 is 4.90 Å². The van der Waals surface area contributed by atoms with Gasteiger partial charge in [-0.25, -0.2) is 9.97 Å². The minimum atomic E-state index is 0.0227. The Hall–Kier alpha value is -1.73. The molecule has 138 valence electrons. The molecule has 0 radical (unpaired) electrons. The lowest BCUT2D eigenvalue weighted by atomic mass is 10.1. The average molecular weight is 347 g/mol. The highest BCUT2D eigenvalue weighted by Gasteiger charge is 2.25. The first kappa shape index (κ1) is 18.1. The maximum absolute atomic E-state index is 13.0. The van der Waals surface area contributed by atoms with Crippen LogP contribution in [0, 0.1) is 0 Å². The molecule has 7 heteroatoms. The molecule has 0 aromatic carbocycles. The van der Waals surface area contributed by atoms with Crippen LogP contribution in [0.5, 0.6) is 0 Å². The predicted molar refractivity (Wildman–Crippen MR) is 97.2 cm³/mol. The number of morpholine rings is 1. The van der Waals surface area contributed by atoms with Crippen LogP contribution in [-0.4, -0.2) is 84.7 Å². The highest BCUT2D eigenvalue weighted by molar-refractivity contribution is 5.92. The Bertz CT molecular complexity index is 593. The van der Waals surface area contributed by atoms with Crippen molar-refractivity contribution in [2.75, 3.05) is 63.9 Å². The molecule has 2 aliphatic rings. The lowest BCUT2D eigenvalue weighted by Gasteiger charge is -2.34. The standard InChI is InChI=1S/C18H29N5O2/c1-4-21-5-7-22(8-6-21)17(24)16-13-15(14(2)3)19-18(20-16)23-9-11-25-12-10-23/h13-14H,4-12H2,1-3H3. The van der Waals surface area contributed by atoms with Crippen LogP contribution in [-0.2, 0) is 4.74 Å². The van der Waals surface area contributed by atoms with Gasteiger partial charge in [0.05, 0.1) is 13.2 Å². The van der Waals surface area contributed by atoms with Crippen molar-refractivity contribution in [3.63, 3.8) is 0 Å². The van der Waals surface area contributed by atoms with Crippen LogP contribution in [0.15, 0.2) is 6.07 Å². The normalized spacial score (nSPS) is 19.5. The number of amides is 1. The molecule has 1 aromatic rings. The maximum atomic E-state index is 13.0. The summed E-state index contributed by atoms with van der Waals surface area (Å²) in [6.07, 6.45) is 0. The van der Waals surface area contributed by atoms with Crippen molar-refractivity contribution in [3.8, 4) is 0 Å². The second kappa shape index (κ2) is 8.10. The number of hydrogen-bond donors (Lipinski definition) is 0. The Balaban J connectivity index is 1.81. The minimum absolute atomic E-state index is 0.0227. The summed E-state index contributed by atoms with van der Waals surface area (Å²) in [6, 6.07) is 1.86. The summed E-state index contributed by atoms with van der Waals surface area (Å²) in [6.45, 7) is 13.7. The topological polar surface area (TPSA) is 61.8 Å². The Morgan fingerprint density at radius 1 is 1.12 bits per heavy atom. The van der Waals surface area contributed by atoms with Gasteiger partial charge in [-0.05, 0) is 18.5 Å². The molecule has 1 amide bonds. The summed E-state index contributed by atoms with van der Waals surface area (Å²) >= 11 is 0. The third kappa shape index (κ3) is 4.27. The van der Waals surface area contributed by atoms with E-state index in [1.54, 1.807) is 0 Å². The number of aromatic nitrogens is 2. The molecule has 2 fully saturated rings. The maximum Gasteiger partial charge on any atom is 0.272 e. The smallest absolute Gasteiger partial charge is 0.272 e. The fraction of sp³-hybridized carbons (Fsp3) is 0.722. The van der Waals surface area contributed by atoms with Crippen LogP contribution in [0.25, 0.3) is 0 Å². The number of carbonyl (C=O) groups is 1. The summed E-state index contributed by atoms with van der Waals surface area (Å²) in [5.74, 6) is 0.936. The molecule has 0 unspecified atom stereocenters. The fourth-order valence-corrected chi connectivity index (χ4v) is 3.19. The summed E-state index contributed by atoms with van der Waals surface area (Å²) in [7, 11) is 0. The molecule has 3 heterocycles. The third-order valence-electron chi connectivity index (χ3n) is 4.95. The van der Waals surface area contributed by atoms with Gasteiger partial charge in [-0.1, -0.05) is 20.8 Å². The zero-order chi connectivity index (χ0) is 17.8. The molecule has 0 aliphatic carbocycles. The number of nitrogens with zero attached hydrogens (tertiary/aromatic N) is 5. The van der Waals surface area contributed by atoms with Gasteiger partial charge in [0.2, 0.25) is 5.95 Å². The lowest BCUT2D eigenvalue weighted by molar-refractivity contribution is 0.0637. The highest BCUT2D eigenvalue weighted by Crippen LogP contribution is 2.19. The molecule has 0 N–H and O–H groups in total. The van der Waals surface area contributed by atoms with E-state index >= 15 is 0 Å². The number of ether oxygens (including phenoxy) is 1. The van der Waals surface area contributed by atoms with Gasteiger partial charge in [-0.15, -0.1) is 0 Å². The lowest BCUT2D eigenvalue weighted by Crippen LogP contribution is -2.48. The van der Waals surface area contributed by atoms with E-state index in [-0.39, 0.29) is 11.8 Å². The zero-order valence-corrected chi connectivity index (χ0v) is 15.6. The molecular weight excluding hydrogens is 318 g/mol. The molecule has 2 aliphatic heterocycles. The van der Waals surface area contributed by atoms with Crippen molar-refractivity contribution in [3.05, 3.63) is 17.5 Å². The predicted octanol–water partition coefficient (Wildman–Crippen LogP) is 1.21. The van der Waals surface area contributed by atoms with Gasteiger partial charge in [0, 0.05) is 45.0 Å². The number of rotatable bonds is 4. The van der Waals surface area contributed by atoms with Gasteiger partial charge in [0.25, 0.3) is 5.91 Å². The third-order valence-corrected chi connectivity index (χ3v) is 4.95. The largest absolute Gasteiger partial charge is 0.378 e. The second-order valence-electron chi connectivity index (χ2n) is 6.96. The number of likely N-dealkylation sites (N-methyl/N-ethyl adjacent to an activating group) is 1. The quantitative estimate of drug-likeness (QED) is 0.816. The monoisotopic (exact) mass is 347 g/mol. The van der Waals surface area contributed by atoms with Crippen molar-refractivity contribution in [2.45, 2.75) is 26.7 Å². The number of carbonyl (C=O) groups excluding carboxylic acids is 1. The number of hydrogen-bond acceptors (Lipinski definition) is 6. The van der Waals surface area contributed by atoms with Gasteiger partial charge in [-0.2, -0.15) is 0 Å². The summed E-state index contributed by atoms with van der Waals surface area (Å²) < 4.78 is 5.42. The van der Waals surface area contributed by atoms with Crippen molar-refractivity contribution in [1.82, 2.24) is 19.8 Å². The van der Waals surface area contributed by atoms with Crippen molar-refractivity contribution >= 4 is 11.9 Å². The molecule has 2 saturated heterocycles. The van der Waals surface area contributed by atoms with Gasteiger partial charge < -0.3 is 19.4 Å². The molecule has 7 nitrogen and oxygen atoms in total.